The summed E-state index contributed by atoms with van der Waals surface area (Å²) in [6.45, 7) is 2.46. The molecule has 1 aromatic rings. The summed E-state index contributed by atoms with van der Waals surface area (Å²) in [4.78, 5) is 11.1. The highest BCUT2D eigenvalue weighted by atomic mass is 16.5. The number of rotatable bonds is 4. The second kappa shape index (κ2) is 4.61. The summed E-state index contributed by atoms with van der Waals surface area (Å²) in [5.74, 6) is 0.368. The predicted octanol–water partition coefficient (Wildman–Crippen LogP) is 0.395. The molecule has 5 nitrogen and oxygen atoms in total. The number of aromatic nitrogens is 2. The van der Waals surface area contributed by atoms with Crippen LogP contribution >= 0.6 is 0 Å². The standard InChI is InChI=1S/C8H13N3O2/c1-3-13-6-8(12)9-7-4-5-11(2)10-7/h4-5H,3,6H2,1-2H3,(H,9,10,12). The van der Waals surface area contributed by atoms with Crippen molar-refractivity contribution in [2.24, 2.45) is 7.05 Å². The topological polar surface area (TPSA) is 56.1 Å². The maximum Gasteiger partial charge on any atom is 0.251 e. The minimum atomic E-state index is -0.180. The Bertz CT molecular complexity index is 283. The average molecular weight is 183 g/mol. The van der Waals surface area contributed by atoms with Gasteiger partial charge in [-0.15, -0.1) is 0 Å². The van der Waals surface area contributed by atoms with Crippen molar-refractivity contribution in [3.05, 3.63) is 12.3 Å². The van der Waals surface area contributed by atoms with Crippen LogP contribution in [0.4, 0.5) is 5.82 Å². The summed E-state index contributed by atoms with van der Waals surface area (Å²) in [6.07, 6.45) is 1.76. The normalized spacial score (nSPS) is 10.0. The van der Waals surface area contributed by atoms with E-state index in [1.54, 1.807) is 24.0 Å². The highest BCUT2D eigenvalue weighted by Gasteiger charge is 2.02. The maximum absolute atomic E-state index is 11.1. The molecule has 0 unspecified atom stereocenters. The van der Waals surface area contributed by atoms with Crippen molar-refractivity contribution < 1.29 is 9.53 Å². The number of carbonyl (C=O) groups excluding carboxylic acids is 1. The van der Waals surface area contributed by atoms with Crippen LogP contribution in [-0.2, 0) is 16.6 Å². The molecule has 0 atom stereocenters. The van der Waals surface area contributed by atoms with Gasteiger partial charge in [-0.05, 0) is 6.92 Å². The number of ether oxygens (including phenoxy) is 1. The largest absolute Gasteiger partial charge is 0.372 e. The van der Waals surface area contributed by atoms with Crippen molar-refractivity contribution in [1.82, 2.24) is 9.78 Å². The van der Waals surface area contributed by atoms with E-state index < -0.39 is 0 Å². The second-order valence-corrected chi connectivity index (χ2v) is 2.56. The van der Waals surface area contributed by atoms with Crippen molar-refractivity contribution in [2.45, 2.75) is 6.92 Å². The van der Waals surface area contributed by atoms with Gasteiger partial charge in [0.2, 0.25) is 0 Å². The van der Waals surface area contributed by atoms with Gasteiger partial charge in [-0.1, -0.05) is 0 Å². The molecule has 1 amide bonds. The first-order chi connectivity index (χ1) is 6.22. The van der Waals surface area contributed by atoms with E-state index in [9.17, 15) is 4.79 Å². The van der Waals surface area contributed by atoms with Crippen LogP contribution in [0.5, 0.6) is 0 Å². The van der Waals surface area contributed by atoms with Crippen LogP contribution in [0.3, 0.4) is 0 Å². The van der Waals surface area contributed by atoms with Gasteiger partial charge in [0.1, 0.15) is 6.61 Å². The zero-order chi connectivity index (χ0) is 9.68. The van der Waals surface area contributed by atoms with E-state index in [1.165, 1.54) is 0 Å². The van der Waals surface area contributed by atoms with Gasteiger partial charge in [-0.3, -0.25) is 9.48 Å². The van der Waals surface area contributed by atoms with E-state index in [0.717, 1.165) is 0 Å². The summed E-state index contributed by atoms with van der Waals surface area (Å²) in [5.41, 5.74) is 0. The summed E-state index contributed by atoms with van der Waals surface area (Å²) >= 11 is 0. The van der Waals surface area contributed by atoms with Crippen LogP contribution in [0, 0.1) is 0 Å². The van der Waals surface area contributed by atoms with E-state index in [2.05, 4.69) is 10.4 Å². The highest BCUT2D eigenvalue weighted by Crippen LogP contribution is 1.99. The highest BCUT2D eigenvalue weighted by molar-refractivity contribution is 5.90. The van der Waals surface area contributed by atoms with E-state index in [-0.39, 0.29) is 12.5 Å². The number of amides is 1. The Morgan fingerprint density at radius 1 is 1.77 bits per heavy atom. The van der Waals surface area contributed by atoms with Crippen molar-refractivity contribution in [3.8, 4) is 0 Å². The smallest absolute Gasteiger partial charge is 0.251 e. The lowest BCUT2D eigenvalue weighted by Crippen LogP contribution is -2.18. The monoisotopic (exact) mass is 183 g/mol. The van der Waals surface area contributed by atoms with Gasteiger partial charge in [-0.2, -0.15) is 5.10 Å². The number of aryl methyl sites for hydroxylation is 1. The van der Waals surface area contributed by atoms with E-state index in [4.69, 9.17) is 4.74 Å². The van der Waals surface area contributed by atoms with E-state index >= 15 is 0 Å². The molecular formula is C8H13N3O2. The molecule has 0 fully saturated rings. The Kier molecular flexibility index (Phi) is 3.45. The molecule has 0 aromatic carbocycles. The Morgan fingerprint density at radius 3 is 3.08 bits per heavy atom. The SMILES string of the molecule is CCOCC(=O)Nc1ccn(C)n1. The molecular weight excluding hydrogens is 170 g/mol. The van der Waals surface area contributed by atoms with Gasteiger partial charge in [0.25, 0.3) is 5.91 Å². The van der Waals surface area contributed by atoms with Gasteiger partial charge in [-0.25, -0.2) is 0 Å². The van der Waals surface area contributed by atoms with Crippen LogP contribution in [-0.4, -0.2) is 28.9 Å². The fourth-order valence-corrected chi connectivity index (χ4v) is 0.855. The number of hydrogen-bond acceptors (Lipinski definition) is 3. The van der Waals surface area contributed by atoms with Gasteiger partial charge < -0.3 is 10.1 Å². The Morgan fingerprint density at radius 2 is 2.54 bits per heavy atom. The van der Waals surface area contributed by atoms with Crippen molar-refractivity contribution in [1.29, 1.82) is 0 Å². The molecule has 1 N–H and O–H groups in total. The Balaban J connectivity index is 2.36. The third kappa shape index (κ3) is 3.25. The molecule has 0 aliphatic heterocycles. The summed E-state index contributed by atoms with van der Waals surface area (Å²) < 4.78 is 6.55. The minimum absolute atomic E-state index is 0.0765. The quantitative estimate of drug-likeness (QED) is 0.734. The first kappa shape index (κ1) is 9.73. The molecule has 1 aromatic heterocycles. The van der Waals surface area contributed by atoms with Gasteiger partial charge >= 0.3 is 0 Å². The first-order valence-electron chi connectivity index (χ1n) is 4.09. The number of hydrogen-bond donors (Lipinski definition) is 1. The van der Waals surface area contributed by atoms with Crippen molar-refractivity contribution >= 4 is 11.7 Å². The summed E-state index contributed by atoms with van der Waals surface area (Å²) in [6, 6.07) is 1.73. The molecule has 0 saturated heterocycles. The number of nitrogens with zero attached hydrogens (tertiary/aromatic N) is 2. The molecule has 0 radical (unpaired) electrons. The van der Waals surface area contributed by atoms with Crippen LogP contribution in [0.1, 0.15) is 6.92 Å². The van der Waals surface area contributed by atoms with Crippen molar-refractivity contribution in [2.75, 3.05) is 18.5 Å². The molecule has 0 aliphatic carbocycles. The molecule has 1 heterocycles. The molecule has 1 rings (SSSR count). The number of anilines is 1. The maximum atomic E-state index is 11.1. The minimum Gasteiger partial charge on any atom is -0.372 e. The number of carbonyl (C=O) groups is 1. The third-order valence-electron chi connectivity index (χ3n) is 1.42. The molecule has 13 heavy (non-hydrogen) atoms. The molecule has 0 saturated carbocycles. The molecule has 5 heteroatoms. The lowest BCUT2D eigenvalue weighted by molar-refractivity contribution is -0.120. The number of nitrogens with one attached hydrogen (secondary N) is 1. The second-order valence-electron chi connectivity index (χ2n) is 2.56. The zero-order valence-electron chi connectivity index (χ0n) is 7.78. The summed E-state index contributed by atoms with van der Waals surface area (Å²) in [7, 11) is 1.79. The van der Waals surface area contributed by atoms with Crippen LogP contribution in [0.2, 0.25) is 0 Å². The lowest BCUT2D eigenvalue weighted by atomic mass is 10.5. The Hall–Kier alpha value is -1.36. The van der Waals surface area contributed by atoms with Crippen LogP contribution in [0.25, 0.3) is 0 Å². The van der Waals surface area contributed by atoms with E-state index in [0.29, 0.717) is 12.4 Å². The average Bonchev–Trinajstić information content (AvgIpc) is 2.48. The fourth-order valence-electron chi connectivity index (χ4n) is 0.855. The van der Waals surface area contributed by atoms with Crippen LogP contribution in [0.15, 0.2) is 12.3 Å². The lowest BCUT2D eigenvalue weighted by Gasteiger charge is -2.00. The molecule has 0 aliphatic rings. The van der Waals surface area contributed by atoms with Gasteiger partial charge in [0.15, 0.2) is 5.82 Å². The van der Waals surface area contributed by atoms with Gasteiger partial charge in [0.05, 0.1) is 0 Å². The van der Waals surface area contributed by atoms with Crippen LogP contribution < -0.4 is 5.32 Å². The zero-order valence-corrected chi connectivity index (χ0v) is 7.78. The summed E-state index contributed by atoms with van der Waals surface area (Å²) in [5, 5.41) is 6.59. The Labute approximate surface area is 76.7 Å². The predicted molar refractivity (Wildman–Crippen MR) is 48.3 cm³/mol. The third-order valence-corrected chi connectivity index (χ3v) is 1.42. The van der Waals surface area contributed by atoms with Gasteiger partial charge in [0, 0.05) is 25.9 Å². The molecule has 72 valence electrons. The molecule has 0 bridgehead atoms. The van der Waals surface area contributed by atoms with Crippen molar-refractivity contribution in [3.63, 3.8) is 0 Å². The molecule has 0 spiro atoms. The first-order valence-corrected chi connectivity index (χ1v) is 4.09. The fraction of sp³-hybridized carbons (Fsp3) is 0.500. The van der Waals surface area contributed by atoms with E-state index in [1.807, 2.05) is 6.92 Å².